The molecule has 0 aromatic heterocycles. The second-order valence-corrected chi connectivity index (χ2v) is 8.03. The van der Waals surface area contributed by atoms with E-state index in [1.165, 1.54) is 0 Å². The molecule has 2 N–H and O–H groups in total. The highest BCUT2D eigenvalue weighted by molar-refractivity contribution is 6.23. The van der Waals surface area contributed by atoms with Crippen LogP contribution < -0.4 is 5.32 Å². The maximum absolute atomic E-state index is 11.0. The Balaban J connectivity index is 3.17. The van der Waals surface area contributed by atoms with Crippen LogP contribution in [0.3, 0.4) is 0 Å². The van der Waals surface area contributed by atoms with Crippen molar-refractivity contribution in [3.63, 3.8) is 0 Å². The summed E-state index contributed by atoms with van der Waals surface area (Å²) in [5, 5.41) is 13.5. The molecule has 0 aliphatic carbocycles. The summed E-state index contributed by atoms with van der Waals surface area (Å²) in [6.07, 6.45) is 3.71. The molecule has 4 heteroatoms. The molecule has 1 aromatic rings. The van der Waals surface area contributed by atoms with E-state index in [1.54, 1.807) is 0 Å². The zero-order valence-electron chi connectivity index (χ0n) is 16.5. The Morgan fingerprint density at radius 2 is 1.56 bits per heavy atom. The summed E-state index contributed by atoms with van der Waals surface area (Å²) in [6.45, 7) is 13.3. The summed E-state index contributed by atoms with van der Waals surface area (Å²) in [5.41, 5.74) is 2.92. The highest BCUT2D eigenvalue weighted by Crippen LogP contribution is 2.42. The Labute approximate surface area is 152 Å². The van der Waals surface area contributed by atoms with Gasteiger partial charge in [-0.05, 0) is 42.1 Å². The Kier molecular flexibility index (Phi) is 7.21. The summed E-state index contributed by atoms with van der Waals surface area (Å²) in [7, 11) is 0. The molecular weight excluding hydrogens is 314 g/mol. The summed E-state index contributed by atoms with van der Waals surface area (Å²) in [4.78, 5) is 21.3. The van der Waals surface area contributed by atoms with E-state index in [9.17, 15) is 14.7 Å². The normalized spacial score (nSPS) is 12.1. The van der Waals surface area contributed by atoms with Crippen LogP contribution in [0, 0.1) is 0 Å². The van der Waals surface area contributed by atoms with Crippen LogP contribution >= 0.6 is 0 Å². The van der Waals surface area contributed by atoms with Gasteiger partial charge in [0.1, 0.15) is 5.75 Å². The fourth-order valence-corrected chi connectivity index (χ4v) is 2.80. The molecule has 0 atom stereocenters. The average Bonchev–Trinajstić information content (AvgIpc) is 2.58. The number of rotatable bonds is 9. The summed E-state index contributed by atoms with van der Waals surface area (Å²) in [5.74, 6) is -0.164. The smallest absolute Gasteiger partial charge is 0.284 e. The van der Waals surface area contributed by atoms with E-state index in [0.29, 0.717) is 18.6 Å². The van der Waals surface area contributed by atoms with Crippen LogP contribution in [0.5, 0.6) is 5.75 Å². The van der Waals surface area contributed by atoms with Crippen molar-refractivity contribution in [2.45, 2.75) is 78.1 Å². The molecule has 1 amide bonds. The number of phenols is 1. The molecule has 25 heavy (non-hydrogen) atoms. The fraction of sp³-hybridized carbons (Fsp3) is 0.619. The maximum Gasteiger partial charge on any atom is 0.284 e. The third-order valence-corrected chi connectivity index (χ3v) is 5.44. The van der Waals surface area contributed by atoms with Gasteiger partial charge in [0.2, 0.25) is 6.29 Å². The molecule has 0 aliphatic rings. The standard InChI is InChI=1S/C21H33NO3/c1-7-20(3,4)16-12-15(10-9-11-22-18(24)14-23)13-17(19(16)25)21(5,6)8-2/h12-14,25H,7-11H2,1-6H3,(H,22,24). The number of phenolic OH excluding ortho intramolecular Hbond substituents is 1. The van der Waals surface area contributed by atoms with Gasteiger partial charge in [0.25, 0.3) is 5.91 Å². The summed E-state index contributed by atoms with van der Waals surface area (Å²) < 4.78 is 0. The Hall–Kier alpha value is -1.84. The van der Waals surface area contributed by atoms with Crippen LogP contribution in [0.2, 0.25) is 0 Å². The second kappa shape index (κ2) is 8.50. The second-order valence-electron chi connectivity index (χ2n) is 8.03. The first-order chi connectivity index (χ1) is 11.6. The topological polar surface area (TPSA) is 66.4 Å². The molecule has 0 heterocycles. The zero-order valence-corrected chi connectivity index (χ0v) is 16.5. The van der Waals surface area contributed by atoms with E-state index in [2.05, 4.69) is 59.0 Å². The average molecular weight is 347 g/mol. The minimum absolute atomic E-state index is 0.107. The highest BCUT2D eigenvalue weighted by Gasteiger charge is 2.29. The van der Waals surface area contributed by atoms with E-state index in [-0.39, 0.29) is 10.8 Å². The fourth-order valence-electron chi connectivity index (χ4n) is 2.80. The molecule has 0 saturated carbocycles. The molecule has 1 rings (SSSR count). The summed E-state index contributed by atoms with van der Waals surface area (Å²) >= 11 is 0. The Morgan fingerprint density at radius 1 is 1.08 bits per heavy atom. The van der Waals surface area contributed by atoms with Gasteiger partial charge in [0, 0.05) is 17.7 Å². The molecule has 0 aliphatic heterocycles. The van der Waals surface area contributed by atoms with Crippen LogP contribution in [0.15, 0.2) is 12.1 Å². The molecule has 1 aromatic carbocycles. The van der Waals surface area contributed by atoms with E-state index in [0.717, 1.165) is 42.4 Å². The first kappa shape index (κ1) is 21.2. The van der Waals surface area contributed by atoms with Crippen LogP contribution in [0.1, 0.15) is 77.5 Å². The van der Waals surface area contributed by atoms with Crippen molar-refractivity contribution in [3.05, 3.63) is 28.8 Å². The third kappa shape index (κ3) is 5.32. The lowest BCUT2D eigenvalue weighted by Gasteiger charge is -2.31. The van der Waals surface area contributed by atoms with Gasteiger partial charge in [0.15, 0.2) is 0 Å². The molecule has 0 saturated heterocycles. The Bertz CT molecular complexity index is 581. The number of hydrogen-bond acceptors (Lipinski definition) is 3. The van der Waals surface area contributed by atoms with Crippen LogP contribution in [-0.2, 0) is 26.8 Å². The number of benzene rings is 1. The largest absolute Gasteiger partial charge is 0.507 e. The number of carbonyl (C=O) groups is 2. The summed E-state index contributed by atoms with van der Waals surface area (Å²) in [6, 6.07) is 4.19. The van der Waals surface area contributed by atoms with Crippen molar-refractivity contribution in [3.8, 4) is 5.75 Å². The lowest BCUT2D eigenvalue weighted by Crippen LogP contribution is -2.25. The molecule has 0 bridgehead atoms. The van der Waals surface area contributed by atoms with E-state index >= 15 is 0 Å². The van der Waals surface area contributed by atoms with E-state index in [4.69, 9.17) is 0 Å². The van der Waals surface area contributed by atoms with Crippen LogP contribution in [-0.4, -0.2) is 23.8 Å². The molecule has 140 valence electrons. The monoisotopic (exact) mass is 347 g/mol. The first-order valence-electron chi connectivity index (χ1n) is 9.19. The van der Waals surface area contributed by atoms with Gasteiger partial charge >= 0.3 is 0 Å². The van der Waals surface area contributed by atoms with Crippen molar-refractivity contribution in [1.29, 1.82) is 0 Å². The lowest BCUT2D eigenvalue weighted by molar-refractivity contribution is -0.131. The van der Waals surface area contributed by atoms with Gasteiger partial charge in [-0.15, -0.1) is 0 Å². The molecule has 0 spiro atoms. The third-order valence-electron chi connectivity index (χ3n) is 5.44. The maximum atomic E-state index is 11.0. The van der Waals surface area contributed by atoms with Crippen LogP contribution in [0.25, 0.3) is 0 Å². The minimum atomic E-state index is -0.577. The zero-order chi connectivity index (χ0) is 19.3. The van der Waals surface area contributed by atoms with Crippen LogP contribution in [0.4, 0.5) is 0 Å². The van der Waals surface area contributed by atoms with Crippen molar-refractivity contribution in [1.82, 2.24) is 5.32 Å². The quantitative estimate of drug-likeness (QED) is 0.403. The van der Waals surface area contributed by atoms with Gasteiger partial charge in [-0.1, -0.05) is 53.7 Å². The van der Waals surface area contributed by atoms with Gasteiger partial charge in [0.05, 0.1) is 0 Å². The number of aryl methyl sites for hydroxylation is 1. The molecule has 0 unspecified atom stereocenters. The Morgan fingerprint density at radius 3 is 1.96 bits per heavy atom. The predicted octanol–water partition coefficient (Wildman–Crippen LogP) is 4.02. The predicted molar refractivity (Wildman–Crippen MR) is 102 cm³/mol. The minimum Gasteiger partial charge on any atom is -0.507 e. The molecule has 0 radical (unpaired) electrons. The van der Waals surface area contributed by atoms with Crippen molar-refractivity contribution in [2.24, 2.45) is 0 Å². The number of hydrogen-bond donors (Lipinski definition) is 2. The highest BCUT2D eigenvalue weighted by atomic mass is 16.3. The van der Waals surface area contributed by atoms with Crippen molar-refractivity contribution in [2.75, 3.05) is 6.54 Å². The first-order valence-corrected chi connectivity index (χ1v) is 9.19. The lowest BCUT2D eigenvalue weighted by atomic mass is 9.74. The number of aromatic hydroxyl groups is 1. The number of nitrogens with one attached hydrogen (secondary N) is 1. The van der Waals surface area contributed by atoms with E-state index in [1.807, 2.05) is 0 Å². The number of carbonyl (C=O) groups excluding carboxylic acids is 2. The van der Waals surface area contributed by atoms with Gasteiger partial charge in [-0.25, -0.2) is 0 Å². The van der Waals surface area contributed by atoms with Gasteiger partial charge in [-0.3, -0.25) is 9.59 Å². The molecular formula is C21H33NO3. The van der Waals surface area contributed by atoms with Gasteiger partial charge < -0.3 is 10.4 Å². The SMILES string of the molecule is CCC(C)(C)c1cc(CCCNC(=O)C=O)cc(C(C)(C)CC)c1O. The van der Waals surface area contributed by atoms with E-state index < -0.39 is 5.91 Å². The van der Waals surface area contributed by atoms with Crippen molar-refractivity contribution < 1.29 is 14.7 Å². The molecule has 0 fully saturated rings. The van der Waals surface area contributed by atoms with Gasteiger partial charge in [-0.2, -0.15) is 0 Å². The molecule has 4 nitrogen and oxygen atoms in total. The number of aldehydes is 1. The van der Waals surface area contributed by atoms with Crippen molar-refractivity contribution >= 4 is 12.2 Å². The number of amides is 1.